The lowest BCUT2D eigenvalue weighted by molar-refractivity contribution is 0.813. The summed E-state index contributed by atoms with van der Waals surface area (Å²) in [5.41, 5.74) is 9.61. The molecule has 0 saturated heterocycles. The smallest absolute Gasteiger partial charge is 0.0696 e. The minimum atomic E-state index is -0.425. The van der Waals surface area contributed by atoms with Gasteiger partial charge in [-0.2, -0.15) is 0 Å². The first kappa shape index (κ1) is 19.9. The van der Waals surface area contributed by atoms with Gasteiger partial charge in [-0.25, -0.2) is 10.0 Å². The number of hydrogen-bond donors (Lipinski definition) is 1. The zero-order valence-corrected chi connectivity index (χ0v) is 16.3. The number of nitrogens with two attached hydrogens (primary N) is 1. The summed E-state index contributed by atoms with van der Waals surface area (Å²) < 4.78 is 0. The maximum absolute atomic E-state index is 6.16. The number of rotatable bonds is 8. The maximum atomic E-state index is 6.16. The molecule has 1 aromatic carbocycles. The highest BCUT2D eigenvalue weighted by atomic mass is 35.5. The van der Waals surface area contributed by atoms with Crippen molar-refractivity contribution in [2.45, 2.75) is 19.8 Å². The third kappa shape index (κ3) is 6.84. The number of nitrogens with zero attached hydrogens (tertiary/aromatic N) is 1. The minimum Gasteiger partial charge on any atom is -0.404 e. The Kier molecular flexibility index (Phi) is 7.93. The van der Waals surface area contributed by atoms with Crippen molar-refractivity contribution in [2.75, 3.05) is 31.1 Å². The van der Waals surface area contributed by atoms with Crippen LogP contribution in [0.4, 0.5) is 0 Å². The van der Waals surface area contributed by atoms with Gasteiger partial charge in [-0.3, -0.25) is 4.99 Å². The Morgan fingerprint density at radius 1 is 1.30 bits per heavy atom. The average molecular weight is 353 g/mol. The van der Waals surface area contributed by atoms with E-state index >= 15 is 0 Å². The number of hydrogen-bond acceptors (Lipinski definition) is 2. The third-order valence-corrected chi connectivity index (χ3v) is 5.30. The van der Waals surface area contributed by atoms with Crippen LogP contribution in [0.15, 0.2) is 41.5 Å². The Bertz CT molecular complexity index is 598. The molecule has 0 saturated carbocycles. The summed E-state index contributed by atoms with van der Waals surface area (Å²) >= 11 is 6.16. The molecule has 0 aliphatic carbocycles. The van der Waals surface area contributed by atoms with E-state index in [-0.39, 0.29) is 0 Å². The van der Waals surface area contributed by atoms with Gasteiger partial charge in [0.2, 0.25) is 0 Å². The predicted molar refractivity (Wildman–Crippen MR) is 110 cm³/mol. The van der Waals surface area contributed by atoms with Gasteiger partial charge in [0.15, 0.2) is 0 Å². The number of aliphatic imine (C=N–C) groups is 1. The Morgan fingerprint density at radius 3 is 2.57 bits per heavy atom. The topological polar surface area (TPSA) is 38.4 Å². The van der Waals surface area contributed by atoms with Crippen LogP contribution in [0.3, 0.4) is 0 Å². The fourth-order valence-corrected chi connectivity index (χ4v) is 3.49. The van der Waals surface area contributed by atoms with Gasteiger partial charge in [-0.15, -0.1) is 0 Å². The lowest BCUT2D eigenvalue weighted by atomic mass is 9.98. The SMILES string of the molecule is C=Cc1ccc(Cl)cc1C(=NCCCCS(C)(C)C)C(C)=CN. The molecule has 23 heavy (non-hydrogen) atoms. The van der Waals surface area contributed by atoms with Crippen LogP contribution >= 0.6 is 21.6 Å². The van der Waals surface area contributed by atoms with Crippen LogP contribution in [0.2, 0.25) is 5.02 Å². The third-order valence-electron chi connectivity index (χ3n) is 3.55. The van der Waals surface area contributed by atoms with Crippen LogP contribution in [0.5, 0.6) is 0 Å². The van der Waals surface area contributed by atoms with E-state index in [2.05, 4.69) is 25.3 Å². The van der Waals surface area contributed by atoms with Crippen molar-refractivity contribution in [3.8, 4) is 0 Å². The molecule has 128 valence electrons. The zero-order chi connectivity index (χ0) is 17.5. The second-order valence-corrected chi connectivity index (χ2v) is 11.5. The normalized spacial score (nSPS) is 14.0. The second kappa shape index (κ2) is 9.19. The molecule has 1 aromatic rings. The molecule has 0 fully saturated rings. The van der Waals surface area contributed by atoms with Crippen LogP contribution in [0, 0.1) is 0 Å². The zero-order valence-electron chi connectivity index (χ0n) is 14.7. The minimum absolute atomic E-state index is 0.425. The van der Waals surface area contributed by atoms with Crippen molar-refractivity contribution in [1.29, 1.82) is 0 Å². The Labute approximate surface area is 147 Å². The highest BCUT2D eigenvalue weighted by Gasteiger charge is 2.11. The van der Waals surface area contributed by atoms with Crippen molar-refractivity contribution < 1.29 is 0 Å². The first-order chi connectivity index (χ1) is 10.8. The molecule has 0 radical (unpaired) electrons. The van der Waals surface area contributed by atoms with Crippen molar-refractivity contribution in [2.24, 2.45) is 10.7 Å². The van der Waals surface area contributed by atoms with Gasteiger partial charge in [-0.05, 0) is 73.8 Å². The Morgan fingerprint density at radius 2 is 2.00 bits per heavy atom. The van der Waals surface area contributed by atoms with E-state index in [4.69, 9.17) is 22.3 Å². The van der Waals surface area contributed by atoms with Gasteiger partial charge >= 0.3 is 0 Å². The lowest BCUT2D eigenvalue weighted by Gasteiger charge is -2.24. The summed E-state index contributed by atoms with van der Waals surface area (Å²) in [4.78, 5) is 4.81. The molecule has 2 N–H and O–H groups in total. The van der Waals surface area contributed by atoms with Crippen molar-refractivity contribution in [3.05, 3.63) is 52.7 Å². The largest absolute Gasteiger partial charge is 0.404 e. The molecule has 0 aromatic heterocycles. The number of benzene rings is 1. The second-order valence-electron chi connectivity index (χ2n) is 6.52. The summed E-state index contributed by atoms with van der Waals surface area (Å²) in [7, 11) is -0.425. The average Bonchev–Trinajstić information content (AvgIpc) is 2.49. The van der Waals surface area contributed by atoms with Gasteiger partial charge in [0.25, 0.3) is 0 Å². The van der Waals surface area contributed by atoms with Crippen LogP contribution in [-0.4, -0.2) is 36.8 Å². The van der Waals surface area contributed by atoms with Crippen LogP contribution in [0.1, 0.15) is 30.9 Å². The van der Waals surface area contributed by atoms with Gasteiger partial charge in [0, 0.05) is 17.1 Å². The highest BCUT2D eigenvalue weighted by Crippen LogP contribution is 2.35. The van der Waals surface area contributed by atoms with Crippen molar-refractivity contribution in [1.82, 2.24) is 0 Å². The van der Waals surface area contributed by atoms with Crippen molar-refractivity contribution in [3.63, 3.8) is 0 Å². The fraction of sp³-hybridized carbons (Fsp3) is 0.421. The number of allylic oxidation sites excluding steroid dienone is 1. The van der Waals surface area contributed by atoms with Crippen LogP contribution in [-0.2, 0) is 0 Å². The van der Waals surface area contributed by atoms with Crippen molar-refractivity contribution >= 4 is 33.4 Å². The standard InChI is InChI=1S/C19H29ClN2S/c1-6-16-9-10-17(20)13-18(16)19(15(2)14-21)22-11-7-8-12-23(3,4)5/h6,9-10,13-14H,1,7-8,11-12,21H2,2-5H3. The molecule has 0 bridgehead atoms. The molecule has 0 aliphatic rings. The lowest BCUT2D eigenvalue weighted by Crippen LogP contribution is -2.08. The summed E-state index contributed by atoms with van der Waals surface area (Å²) in [5, 5.41) is 0.694. The van der Waals surface area contributed by atoms with E-state index in [0.29, 0.717) is 5.02 Å². The van der Waals surface area contributed by atoms with Gasteiger partial charge in [0.05, 0.1) is 5.71 Å². The van der Waals surface area contributed by atoms with E-state index in [1.54, 1.807) is 6.20 Å². The molecular formula is C19H29ClN2S. The molecule has 4 heteroatoms. The van der Waals surface area contributed by atoms with Gasteiger partial charge in [0.1, 0.15) is 0 Å². The summed E-state index contributed by atoms with van der Waals surface area (Å²) in [6.07, 6.45) is 12.8. The molecule has 0 heterocycles. The summed E-state index contributed by atoms with van der Waals surface area (Å²) in [6.45, 7) is 6.66. The summed E-state index contributed by atoms with van der Waals surface area (Å²) in [6, 6.07) is 5.77. The quantitative estimate of drug-likeness (QED) is 0.512. The van der Waals surface area contributed by atoms with E-state index < -0.39 is 10.0 Å². The molecule has 0 atom stereocenters. The van der Waals surface area contributed by atoms with E-state index in [0.717, 1.165) is 35.4 Å². The molecule has 0 aliphatic heterocycles. The molecule has 0 unspecified atom stereocenters. The number of halogens is 1. The van der Waals surface area contributed by atoms with Gasteiger partial charge < -0.3 is 5.73 Å². The predicted octanol–water partition coefficient (Wildman–Crippen LogP) is 5.11. The first-order valence-electron chi connectivity index (χ1n) is 7.80. The molecule has 0 amide bonds. The first-order valence-corrected chi connectivity index (χ1v) is 11.2. The van der Waals surface area contributed by atoms with E-state index in [1.807, 2.05) is 31.2 Å². The number of unbranched alkanes of at least 4 members (excludes halogenated alkanes) is 1. The monoisotopic (exact) mass is 352 g/mol. The molecule has 2 nitrogen and oxygen atoms in total. The fourth-order valence-electron chi connectivity index (χ4n) is 2.25. The Hall–Kier alpha value is -1.19. The molecule has 0 spiro atoms. The summed E-state index contributed by atoms with van der Waals surface area (Å²) in [5.74, 6) is 1.29. The molecule has 1 rings (SSSR count). The van der Waals surface area contributed by atoms with Crippen LogP contribution in [0.25, 0.3) is 6.08 Å². The van der Waals surface area contributed by atoms with Gasteiger partial charge in [-0.1, -0.05) is 30.3 Å². The highest BCUT2D eigenvalue weighted by molar-refractivity contribution is 8.32. The van der Waals surface area contributed by atoms with E-state index in [9.17, 15) is 0 Å². The van der Waals surface area contributed by atoms with E-state index in [1.165, 1.54) is 12.2 Å². The Balaban J connectivity index is 2.96. The maximum Gasteiger partial charge on any atom is 0.0696 e. The van der Waals surface area contributed by atoms with Crippen LogP contribution < -0.4 is 5.73 Å². The molecular weight excluding hydrogens is 324 g/mol.